The summed E-state index contributed by atoms with van der Waals surface area (Å²) in [6.07, 6.45) is 3.39. The number of ether oxygens (including phenoxy) is 1. The topological polar surface area (TPSA) is 119 Å². The first-order valence-corrected chi connectivity index (χ1v) is 13.9. The van der Waals surface area contributed by atoms with Crippen molar-refractivity contribution in [2.45, 2.75) is 11.8 Å². The Morgan fingerprint density at radius 2 is 1.80 bits per heavy atom. The van der Waals surface area contributed by atoms with E-state index in [9.17, 15) is 16.8 Å². The fourth-order valence-corrected chi connectivity index (χ4v) is 6.27. The van der Waals surface area contributed by atoms with Gasteiger partial charge in [0.25, 0.3) is 20.0 Å². The van der Waals surface area contributed by atoms with Crippen molar-refractivity contribution in [3.63, 3.8) is 0 Å². The summed E-state index contributed by atoms with van der Waals surface area (Å²) in [6.45, 7) is 2.39. The highest BCUT2D eigenvalue weighted by Gasteiger charge is 2.27. The second-order valence-electron chi connectivity index (χ2n) is 8.07. The summed E-state index contributed by atoms with van der Waals surface area (Å²) in [4.78, 5) is 8.90. The lowest BCUT2D eigenvalue weighted by Crippen LogP contribution is -2.41. The zero-order valence-electron chi connectivity index (χ0n) is 18.7. The van der Waals surface area contributed by atoms with Crippen LogP contribution in [0.15, 0.2) is 78.0 Å². The van der Waals surface area contributed by atoms with Crippen LogP contribution < -0.4 is 9.03 Å². The minimum atomic E-state index is -3.92. The summed E-state index contributed by atoms with van der Waals surface area (Å²) >= 11 is 0. The minimum absolute atomic E-state index is 0.0153. The molecule has 1 aliphatic heterocycles. The van der Waals surface area contributed by atoms with Crippen molar-refractivity contribution in [2.75, 3.05) is 28.1 Å². The standard InChI is InChI=1S/C24H22N4O5S2/c1-17-4-5-18(15-22(17)24-21-3-2-11-25-23(21)10-12-26-24)27-35(31,32)20-8-6-19(7-9-20)28-13-14-33-16-34(28,29)30/h2-12,15,27H,13-14,16H2,1H3. The van der Waals surface area contributed by atoms with Crippen LogP contribution in [0.25, 0.3) is 22.2 Å². The van der Waals surface area contributed by atoms with Crippen LogP contribution in [0.5, 0.6) is 0 Å². The van der Waals surface area contributed by atoms with E-state index in [1.165, 1.54) is 28.6 Å². The van der Waals surface area contributed by atoms with Gasteiger partial charge in [-0.1, -0.05) is 6.07 Å². The van der Waals surface area contributed by atoms with Crippen LogP contribution in [0.1, 0.15) is 5.56 Å². The summed E-state index contributed by atoms with van der Waals surface area (Å²) in [7, 11) is -7.51. The highest BCUT2D eigenvalue weighted by molar-refractivity contribution is 7.93. The van der Waals surface area contributed by atoms with E-state index in [0.717, 1.165) is 22.0 Å². The first-order chi connectivity index (χ1) is 16.7. The molecule has 3 heterocycles. The second-order valence-corrected chi connectivity index (χ2v) is 11.6. The summed E-state index contributed by atoms with van der Waals surface area (Å²) in [6, 6.07) is 16.6. The van der Waals surface area contributed by atoms with Crippen molar-refractivity contribution in [3.05, 3.63) is 78.6 Å². The molecule has 1 aliphatic rings. The van der Waals surface area contributed by atoms with E-state index >= 15 is 0 Å². The molecule has 180 valence electrons. The van der Waals surface area contributed by atoms with Crippen LogP contribution >= 0.6 is 0 Å². The molecule has 0 atom stereocenters. The molecule has 0 radical (unpaired) electrons. The highest BCUT2D eigenvalue weighted by atomic mass is 32.2. The lowest BCUT2D eigenvalue weighted by molar-refractivity contribution is 0.175. The van der Waals surface area contributed by atoms with Crippen LogP contribution in [0.4, 0.5) is 11.4 Å². The molecule has 11 heteroatoms. The van der Waals surface area contributed by atoms with Crippen LogP contribution in [-0.2, 0) is 24.8 Å². The van der Waals surface area contributed by atoms with E-state index in [0.29, 0.717) is 17.1 Å². The zero-order chi connectivity index (χ0) is 24.6. The molecule has 0 saturated carbocycles. The maximum Gasteiger partial charge on any atom is 0.261 e. The number of aryl methyl sites for hydroxylation is 1. The number of hydrogen-bond acceptors (Lipinski definition) is 7. The predicted molar refractivity (Wildman–Crippen MR) is 134 cm³/mol. The van der Waals surface area contributed by atoms with Gasteiger partial charge in [0, 0.05) is 29.0 Å². The molecule has 0 bridgehead atoms. The van der Waals surface area contributed by atoms with E-state index < -0.39 is 26.0 Å². The van der Waals surface area contributed by atoms with Crippen molar-refractivity contribution in [2.24, 2.45) is 0 Å². The lowest BCUT2D eigenvalue weighted by atomic mass is 10.0. The van der Waals surface area contributed by atoms with E-state index in [2.05, 4.69) is 14.7 Å². The first-order valence-electron chi connectivity index (χ1n) is 10.8. The molecule has 0 aliphatic carbocycles. The van der Waals surface area contributed by atoms with Gasteiger partial charge in [-0.05, 0) is 67.1 Å². The average Bonchev–Trinajstić information content (AvgIpc) is 2.85. The quantitative estimate of drug-likeness (QED) is 0.436. The smallest absolute Gasteiger partial charge is 0.261 e. The number of anilines is 2. The summed E-state index contributed by atoms with van der Waals surface area (Å²) in [5.41, 5.74) is 4.01. The molecule has 35 heavy (non-hydrogen) atoms. The normalized spacial score (nSPS) is 15.7. The Balaban J connectivity index is 1.44. The highest BCUT2D eigenvalue weighted by Crippen LogP contribution is 2.31. The number of pyridine rings is 2. The maximum absolute atomic E-state index is 13.1. The molecule has 0 spiro atoms. The van der Waals surface area contributed by atoms with Crippen LogP contribution in [0, 0.1) is 6.92 Å². The molecule has 1 N–H and O–H groups in total. The van der Waals surface area contributed by atoms with Crippen LogP contribution in [0.2, 0.25) is 0 Å². The van der Waals surface area contributed by atoms with Gasteiger partial charge in [-0.25, -0.2) is 16.8 Å². The number of benzene rings is 2. The Morgan fingerprint density at radius 3 is 2.57 bits per heavy atom. The van der Waals surface area contributed by atoms with Gasteiger partial charge in [-0.3, -0.25) is 19.0 Å². The SMILES string of the molecule is Cc1ccc(NS(=O)(=O)c2ccc(N3CCOCS3(=O)=O)cc2)cc1-c1nccc2ncccc12. The molecular weight excluding hydrogens is 488 g/mol. The number of sulfonamides is 2. The van der Waals surface area contributed by atoms with Gasteiger partial charge >= 0.3 is 0 Å². The monoisotopic (exact) mass is 510 g/mol. The van der Waals surface area contributed by atoms with Gasteiger partial charge in [-0.2, -0.15) is 0 Å². The molecule has 0 unspecified atom stereocenters. The lowest BCUT2D eigenvalue weighted by Gasteiger charge is -2.28. The Kier molecular flexibility index (Phi) is 5.91. The molecule has 0 amide bonds. The maximum atomic E-state index is 13.1. The Morgan fingerprint density at radius 1 is 1.00 bits per heavy atom. The summed E-state index contributed by atoms with van der Waals surface area (Å²) < 4.78 is 59.4. The van der Waals surface area contributed by atoms with Crippen molar-refractivity contribution >= 4 is 42.3 Å². The third-order valence-corrected chi connectivity index (χ3v) is 8.64. The van der Waals surface area contributed by atoms with Crippen LogP contribution in [0.3, 0.4) is 0 Å². The second kappa shape index (κ2) is 8.91. The van der Waals surface area contributed by atoms with Gasteiger partial charge in [0.2, 0.25) is 0 Å². The summed E-state index contributed by atoms with van der Waals surface area (Å²) in [5.74, 6) is -0.397. The molecule has 4 aromatic rings. The van der Waals surface area contributed by atoms with Gasteiger partial charge < -0.3 is 4.74 Å². The van der Waals surface area contributed by atoms with Crippen molar-refractivity contribution in [1.82, 2.24) is 9.97 Å². The number of aromatic nitrogens is 2. The van der Waals surface area contributed by atoms with Crippen molar-refractivity contribution < 1.29 is 21.6 Å². The van der Waals surface area contributed by atoms with Gasteiger partial charge in [0.05, 0.1) is 34.9 Å². The third-order valence-electron chi connectivity index (χ3n) is 5.72. The largest absolute Gasteiger partial charge is 0.362 e. The number of hydrogen-bond donors (Lipinski definition) is 1. The summed E-state index contributed by atoms with van der Waals surface area (Å²) in [5, 5.41) is 0.867. The van der Waals surface area contributed by atoms with E-state index in [-0.39, 0.29) is 18.0 Å². The fraction of sp³-hybridized carbons (Fsp3) is 0.167. The fourth-order valence-electron chi connectivity index (χ4n) is 3.97. The molecule has 2 aromatic carbocycles. The van der Waals surface area contributed by atoms with E-state index in [1.54, 1.807) is 24.5 Å². The number of rotatable bonds is 5. The number of fused-ring (bicyclic) bond motifs is 1. The molecule has 5 rings (SSSR count). The minimum Gasteiger partial charge on any atom is -0.362 e. The van der Waals surface area contributed by atoms with Crippen LogP contribution in [-0.4, -0.2) is 45.9 Å². The average molecular weight is 511 g/mol. The Hall–Kier alpha value is -3.54. The third kappa shape index (κ3) is 4.57. The number of nitrogens with zero attached hydrogens (tertiary/aromatic N) is 3. The van der Waals surface area contributed by atoms with Crippen molar-refractivity contribution in [3.8, 4) is 11.3 Å². The number of nitrogens with one attached hydrogen (secondary N) is 1. The van der Waals surface area contributed by atoms with Gasteiger partial charge in [0.15, 0.2) is 5.94 Å². The molecule has 1 fully saturated rings. The van der Waals surface area contributed by atoms with E-state index in [1.807, 2.05) is 31.2 Å². The van der Waals surface area contributed by atoms with Gasteiger partial charge in [-0.15, -0.1) is 0 Å². The molecule has 9 nitrogen and oxygen atoms in total. The zero-order valence-corrected chi connectivity index (χ0v) is 20.4. The Bertz CT molecular complexity index is 1620. The van der Waals surface area contributed by atoms with Crippen molar-refractivity contribution in [1.29, 1.82) is 0 Å². The predicted octanol–water partition coefficient (Wildman–Crippen LogP) is 3.53. The molecule has 2 aromatic heterocycles. The van der Waals surface area contributed by atoms with E-state index in [4.69, 9.17) is 4.74 Å². The Labute approximate surface area is 203 Å². The first kappa shape index (κ1) is 23.2. The molecular formula is C24H22N4O5S2. The molecule has 1 saturated heterocycles. The van der Waals surface area contributed by atoms with Gasteiger partial charge in [0.1, 0.15) is 0 Å².